The maximum atomic E-state index is 11.7. The van der Waals surface area contributed by atoms with E-state index < -0.39 is 28.6 Å². The fourth-order valence-corrected chi connectivity index (χ4v) is 2.74. The second-order valence-electron chi connectivity index (χ2n) is 3.13. The highest BCUT2D eigenvalue weighted by molar-refractivity contribution is 7.89. The maximum absolute atomic E-state index is 11.7. The van der Waals surface area contributed by atoms with Gasteiger partial charge in [0.15, 0.2) is 11.1 Å². The van der Waals surface area contributed by atoms with Crippen molar-refractivity contribution in [1.82, 2.24) is 14.5 Å². The van der Waals surface area contributed by atoms with E-state index in [9.17, 15) is 13.2 Å². The summed E-state index contributed by atoms with van der Waals surface area (Å²) in [6, 6.07) is 0. The smallest absolute Gasteiger partial charge is 0.333 e. The monoisotopic (exact) mass is 283 g/mol. The van der Waals surface area contributed by atoms with E-state index in [1.54, 1.807) is 0 Å². The number of hydrogen-bond acceptors (Lipinski definition) is 5. The van der Waals surface area contributed by atoms with Crippen molar-refractivity contribution in [3.05, 3.63) is 11.2 Å². The van der Waals surface area contributed by atoms with Crippen molar-refractivity contribution in [1.29, 1.82) is 0 Å². The molecule has 0 aromatic carbocycles. The minimum atomic E-state index is -4.01. The quantitative estimate of drug-likeness (QED) is 0.624. The van der Waals surface area contributed by atoms with Crippen molar-refractivity contribution in [2.45, 2.75) is 11.1 Å². The minimum absolute atomic E-state index is 0.0928. The van der Waals surface area contributed by atoms with Crippen LogP contribution in [0, 0.1) is 0 Å². The lowest BCUT2D eigenvalue weighted by molar-refractivity contribution is -0.146. The first kappa shape index (κ1) is 13.9. The van der Waals surface area contributed by atoms with Gasteiger partial charge >= 0.3 is 5.97 Å². The Kier molecular flexibility index (Phi) is 4.09. The van der Waals surface area contributed by atoms with Crippen molar-refractivity contribution in [2.24, 2.45) is 7.05 Å². The number of sulfonamides is 1. The Morgan fingerprint density at radius 3 is 2.71 bits per heavy atom. The van der Waals surface area contributed by atoms with Crippen LogP contribution in [0.5, 0.6) is 0 Å². The molecule has 1 aromatic rings. The summed E-state index contributed by atoms with van der Waals surface area (Å²) >= 11 is 5.63. The van der Waals surface area contributed by atoms with Gasteiger partial charge in [0.1, 0.15) is 0 Å². The van der Waals surface area contributed by atoms with Gasteiger partial charge < -0.3 is 10.2 Å². The lowest BCUT2D eigenvalue weighted by Crippen LogP contribution is -2.37. The van der Waals surface area contributed by atoms with Crippen molar-refractivity contribution < 1.29 is 23.4 Å². The van der Waals surface area contributed by atoms with Gasteiger partial charge in [-0.05, 0) is 0 Å². The summed E-state index contributed by atoms with van der Waals surface area (Å²) in [7, 11) is -2.64. The summed E-state index contributed by atoms with van der Waals surface area (Å²) in [5, 5.41) is 20.6. The number of carboxylic acid groups (broad SMARTS) is 1. The number of rotatable bonds is 5. The van der Waals surface area contributed by atoms with E-state index in [2.05, 4.69) is 5.10 Å². The number of nitrogens with one attached hydrogen (secondary N) is 1. The fourth-order valence-electron chi connectivity index (χ4n) is 1.05. The summed E-state index contributed by atoms with van der Waals surface area (Å²) in [5.74, 6) is -1.52. The molecule has 0 saturated carbocycles. The number of aromatic nitrogens is 2. The third-order valence-electron chi connectivity index (χ3n) is 1.85. The van der Waals surface area contributed by atoms with Crippen LogP contribution in [0.4, 0.5) is 0 Å². The van der Waals surface area contributed by atoms with Gasteiger partial charge in [-0.3, -0.25) is 4.68 Å². The van der Waals surface area contributed by atoms with Gasteiger partial charge in [-0.15, -0.1) is 0 Å². The number of nitrogens with zero attached hydrogens (tertiary/aromatic N) is 2. The molecule has 0 radical (unpaired) electrons. The molecule has 0 bridgehead atoms. The Bertz CT molecular complexity index is 506. The molecule has 8 nitrogen and oxygen atoms in total. The first-order valence-electron chi connectivity index (χ1n) is 4.33. The molecule has 0 amide bonds. The fraction of sp³-hybridized carbons (Fsp3) is 0.429. The summed E-state index contributed by atoms with van der Waals surface area (Å²) in [4.78, 5) is 10.3. The molecule has 1 rings (SSSR count). The number of aryl methyl sites for hydroxylation is 1. The first-order chi connectivity index (χ1) is 7.75. The molecular weight excluding hydrogens is 274 g/mol. The maximum Gasteiger partial charge on any atom is 0.333 e. The van der Waals surface area contributed by atoms with Crippen LogP contribution in [0.3, 0.4) is 0 Å². The van der Waals surface area contributed by atoms with Crippen molar-refractivity contribution in [3.8, 4) is 0 Å². The topological polar surface area (TPSA) is 122 Å². The van der Waals surface area contributed by atoms with Gasteiger partial charge in [0.05, 0.1) is 11.2 Å². The Labute approximate surface area is 102 Å². The van der Waals surface area contributed by atoms with Crippen molar-refractivity contribution >= 4 is 27.6 Å². The van der Waals surface area contributed by atoms with E-state index in [1.165, 1.54) is 7.05 Å². The van der Waals surface area contributed by atoms with Crippen LogP contribution in [0.15, 0.2) is 11.2 Å². The molecule has 96 valence electrons. The molecule has 0 saturated heterocycles. The molecule has 1 atom stereocenters. The van der Waals surface area contributed by atoms with E-state index in [4.69, 9.17) is 21.8 Å². The third-order valence-corrected chi connectivity index (χ3v) is 3.78. The van der Waals surface area contributed by atoms with Gasteiger partial charge in [-0.2, -0.15) is 5.10 Å². The minimum Gasteiger partial charge on any atom is -0.479 e. The Balaban J connectivity index is 2.87. The molecule has 17 heavy (non-hydrogen) atoms. The number of halogens is 1. The van der Waals surface area contributed by atoms with Gasteiger partial charge in [-0.1, -0.05) is 11.6 Å². The molecule has 0 spiro atoms. The molecule has 0 aliphatic heterocycles. The second-order valence-corrected chi connectivity index (χ2v) is 5.22. The Morgan fingerprint density at radius 2 is 2.29 bits per heavy atom. The van der Waals surface area contributed by atoms with E-state index >= 15 is 0 Å². The number of carbonyl (C=O) groups is 1. The van der Waals surface area contributed by atoms with Crippen molar-refractivity contribution in [2.75, 3.05) is 6.54 Å². The summed E-state index contributed by atoms with van der Waals surface area (Å²) < 4.78 is 26.3. The number of aliphatic hydroxyl groups excluding tert-OH is 1. The van der Waals surface area contributed by atoms with Crippen molar-refractivity contribution in [3.63, 3.8) is 0 Å². The highest BCUT2D eigenvalue weighted by Gasteiger charge is 2.24. The normalized spacial score (nSPS) is 13.6. The number of aliphatic carboxylic acids is 1. The van der Waals surface area contributed by atoms with Gasteiger partial charge in [-0.25, -0.2) is 17.9 Å². The SMILES string of the molecule is Cn1ncc(Cl)c1S(=O)(=O)NCC(O)C(=O)O. The Morgan fingerprint density at radius 1 is 1.71 bits per heavy atom. The molecule has 1 aromatic heterocycles. The number of aliphatic hydroxyl groups is 1. The predicted octanol–water partition coefficient (Wildman–Crippen LogP) is -1.20. The zero-order valence-corrected chi connectivity index (χ0v) is 10.2. The second kappa shape index (κ2) is 5.00. The number of hydrogen-bond donors (Lipinski definition) is 3. The lowest BCUT2D eigenvalue weighted by Gasteiger charge is -2.09. The highest BCUT2D eigenvalue weighted by Crippen LogP contribution is 2.19. The van der Waals surface area contributed by atoms with E-state index in [1.807, 2.05) is 4.72 Å². The first-order valence-corrected chi connectivity index (χ1v) is 6.20. The highest BCUT2D eigenvalue weighted by atomic mass is 35.5. The van der Waals surface area contributed by atoms with Crippen LogP contribution < -0.4 is 4.72 Å². The average Bonchev–Trinajstić information content (AvgIpc) is 2.55. The van der Waals surface area contributed by atoms with Gasteiger partial charge in [0.25, 0.3) is 10.0 Å². The Hall–Kier alpha value is -1.16. The van der Waals surface area contributed by atoms with E-state index in [-0.39, 0.29) is 10.0 Å². The molecule has 1 unspecified atom stereocenters. The average molecular weight is 284 g/mol. The van der Waals surface area contributed by atoms with Crippen LogP contribution in [-0.4, -0.2) is 47.0 Å². The molecule has 3 N–H and O–H groups in total. The van der Waals surface area contributed by atoms with E-state index in [0.717, 1.165) is 10.9 Å². The largest absolute Gasteiger partial charge is 0.479 e. The van der Waals surface area contributed by atoms with Crippen LogP contribution in [0.25, 0.3) is 0 Å². The lowest BCUT2D eigenvalue weighted by atomic mass is 10.4. The zero-order chi connectivity index (χ0) is 13.2. The van der Waals surface area contributed by atoms with Crippen LogP contribution >= 0.6 is 11.6 Å². The molecule has 10 heteroatoms. The molecule has 0 aliphatic rings. The molecule has 0 aliphatic carbocycles. The standard InChI is InChI=1S/C7H10ClN3O5S/c1-11-6(4(8)2-9-11)17(15,16)10-3-5(12)7(13)14/h2,5,10,12H,3H2,1H3,(H,13,14). The van der Waals surface area contributed by atoms with Crippen LogP contribution in [0.2, 0.25) is 5.02 Å². The van der Waals surface area contributed by atoms with E-state index in [0.29, 0.717) is 0 Å². The summed E-state index contributed by atoms with van der Waals surface area (Å²) in [6.45, 7) is -0.654. The molecular formula is C7H10ClN3O5S. The van der Waals surface area contributed by atoms with Gasteiger partial charge in [0, 0.05) is 13.6 Å². The predicted molar refractivity (Wildman–Crippen MR) is 57.0 cm³/mol. The third kappa shape index (κ3) is 3.16. The van der Waals surface area contributed by atoms with Crippen LogP contribution in [0.1, 0.15) is 0 Å². The van der Waals surface area contributed by atoms with Gasteiger partial charge in [0.2, 0.25) is 0 Å². The molecule has 0 fully saturated rings. The van der Waals surface area contributed by atoms with Crippen LogP contribution in [-0.2, 0) is 21.9 Å². The summed E-state index contributed by atoms with van der Waals surface area (Å²) in [6.07, 6.45) is -0.680. The number of carboxylic acids is 1. The zero-order valence-electron chi connectivity index (χ0n) is 8.66. The summed E-state index contributed by atoms with van der Waals surface area (Å²) in [5.41, 5.74) is 0. The molecule has 1 heterocycles.